The molecule has 1 heterocycles. The number of benzene rings is 1. The summed E-state index contributed by atoms with van der Waals surface area (Å²) in [7, 11) is 1.14. The number of hydrogen-bond acceptors (Lipinski definition) is 3. The summed E-state index contributed by atoms with van der Waals surface area (Å²) in [6.45, 7) is 1.49. The zero-order valence-corrected chi connectivity index (χ0v) is 10.1. The topological polar surface area (TPSA) is 60.0 Å². The molecule has 2 aromatic rings. The number of rotatable bonds is 1. The molecule has 0 saturated carbocycles. The van der Waals surface area contributed by atoms with Crippen LogP contribution in [-0.4, -0.2) is 19.5 Å². The molecule has 19 heavy (non-hydrogen) atoms. The Balaban J connectivity index is 2.78. The maximum atomic E-state index is 12.9. The molecule has 0 saturated heterocycles. The van der Waals surface area contributed by atoms with Crippen molar-refractivity contribution < 1.29 is 18.3 Å². The summed E-state index contributed by atoms with van der Waals surface area (Å²) in [4.78, 5) is 11.8. The summed E-state index contributed by atoms with van der Waals surface area (Å²) in [5.74, 6) is -1.39. The Bertz CT molecular complexity index is 685. The van der Waals surface area contributed by atoms with E-state index in [2.05, 4.69) is 5.10 Å². The monoisotopic (exact) mass is 273 g/mol. The SMILES string of the molecule is Cc1cc(O)ccc1-n1c(C(F)(F)F)nn(C)c1=O. The molecule has 8 heteroatoms. The molecule has 0 radical (unpaired) electrons. The number of phenolic OH excluding ortho intramolecular Hbond substituents is 1. The van der Waals surface area contributed by atoms with Crippen LogP contribution in [-0.2, 0) is 13.2 Å². The lowest BCUT2D eigenvalue weighted by Crippen LogP contribution is -2.24. The Labute approximate surface area is 105 Å². The summed E-state index contributed by atoms with van der Waals surface area (Å²) < 4.78 is 39.7. The standard InChI is InChI=1S/C11H10F3N3O2/c1-6-5-7(18)3-4-8(6)17-9(11(12,13)14)15-16(2)10(17)19/h3-5,18H,1-2H3. The van der Waals surface area contributed by atoms with Gasteiger partial charge in [0.05, 0.1) is 5.69 Å². The molecule has 0 unspecified atom stereocenters. The van der Waals surface area contributed by atoms with E-state index in [-0.39, 0.29) is 11.4 Å². The van der Waals surface area contributed by atoms with Crippen LogP contribution in [0.4, 0.5) is 13.2 Å². The largest absolute Gasteiger partial charge is 0.508 e. The van der Waals surface area contributed by atoms with Gasteiger partial charge in [0.1, 0.15) is 5.75 Å². The lowest BCUT2D eigenvalue weighted by atomic mass is 10.2. The van der Waals surface area contributed by atoms with Crippen LogP contribution in [0.2, 0.25) is 0 Å². The average molecular weight is 273 g/mol. The molecule has 0 atom stereocenters. The predicted molar refractivity (Wildman–Crippen MR) is 60.2 cm³/mol. The van der Waals surface area contributed by atoms with Crippen molar-refractivity contribution in [2.75, 3.05) is 0 Å². The zero-order valence-electron chi connectivity index (χ0n) is 10.1. The van der Waals surface area contributed by atoms with Crippen LogP contribution >= 0.6 is 0 Å². The van der Waals surface area contributed by atoms with Crippen LogP contribution in [0.5, 0.6) is 5.75 Å². The van der Waals surface area contributed by atoms with Crippen LogP contribution in [0.15, 0.2) is 23.0 Å². The number of halogens is 3. The quantitative estimate of drug-likeness (QED) is 0.858. The fourth-order valence-corrected chi connectivity index (χ4v) is 1.76. The first kappa shape index (κ1) is 13.2. The maximum absolute atomic E-state index is 12.9. The molecule has 0 aliphatic rings. The zero-order chi connectivity index (χ0) is 14.4. The van der Waals surface area contributed by atoms with E-state index in [1.807, 2.05) is 0 Å². The van der Waals surface area contributed by atoms with Crippen LogP contribution in [0.25, 0.3) is 5.69 Å². The van der Waals surface area contributed by atoms with Gasteiger partial charge in [-0.05, 0) is 30.7 Å². The minimum atomic E-state index is -4.75. The second kappa shape index (κ2) is 4.15. The molecule has 0 bridgehead atoms. The summed E-state index contributed by atoms with van der Waals surface area (Å²) in [6, 6.07) is 3.72. The average Bonchev–Trinajstić information content (AvgIpc) is 2.56. The van der Waals surface area contributed by atoms with Crippen LogP contribution in [0.3, 0.4) is 0 Å². The Morgan fingerprint density at radius 3 is 2.47 bits per heavy atom. The van der Waals surface area contributed by atoms with E-state index in [0.29, 0.717) is 14.8 Å². The smallest absolute Gasteiger partial charge is 0.452 e. The third kappa shape index (κ3) is 2.20. The molecule has 0 amide bonds. The van der Waals surface area contributed by atoms with Gasteiger partial charge in [-0.25, -0.2) is 14.0 Å². The van der Waals surface area contributed by atoms with E-state index < -0.39 is 17.7 Å². The molecular formula is C11H10F3N3O2. The van der Waals surface area contributed by atoms with Crippen LogP contribution < -0.4 is 5.69 Å². The molecule has 1 aromatic carbocycles. The molecule has 2 rings (SSSR count). The highest BCUT2D eigenvalue weighted by atomic mass is 19.4. The fraction of sp³-hybridized carbons (Fsp3) is 0.273. The number of phenols is 1. The van der Waals surface area contributed by atoms with Crippen molar-refractivity contribution in [2.24, 2.45) is 7.05 Å². The molecule has 0 fully saturated rings. The lowest BCUT2D eigenvalue weighted by Gasteiger charge is -2.10. The van der Waals surface area contributed by atoms with Crippen molar-refractivity contribution >= 4 is 0 Å². The number of alkyl halides is 3. The number of aromatic nitrogens is 3. The Hall–Kier alpha value is -2.25. The van der Waals surface area contributed by atoms with Crippen molar-refractivity contribution in [1.29, 1.82) is 0 Å². The maximum Gasteiger partial charge on any atom is 0.452 e. The number of aromatic hydroxyl groups is 1. The minimum Gasteiger partial charge on any atom is -0.508 e. The Kier molecular flexibility index (Phi) is 2.88. The third-order valence-electron chi connectivity index (χ3n) is 2.60. The summed E-state index contributed by atoms with van der Waals surface area (Å²) in [5.41, 5.74) is -0.537. The predicted octanol–water partition coefficient (Wildman–Crippen LogP) is 1.60. The van der Waals surface area contributed by atoms with Crippen molar-refractivity contribution in [1.82, 2.24) is 14.3 Å². The molecule has 0 spiro atoms. The van der Waals surface area contributed by atoms with E-state index in [0.717, 1.165) is 7.05 Å². The van der Waals surface area contributed by atoms with E-state index >= 15 is 0 Å². The normalized spacial score (nSPS) is 11.8. The summed E-state index contributed by atoms with van der Waals surface area (Å²) >= 11 is 0. The van der Waals surface area contributed by atoms with Crippen LogP contribution in [0, 0.1) is 6.92 Å². The van der Waals surface area contributed by atoms with Crippen molar-refractivity contribution in [2.45, 2.75) is 13.1 Å². The fourth-order valence-electron chi connectivity index (χ4n) is 1.76. The van der Waals surface area contributed by atoms with Gasteiger partial charge in [-0.15, -0.1) is 5.10 Å². The van der Waals surface area contributed by atoms with Gasteiger partial charge in [-0.1, -0.05) is 0 Å². The third-order valence-corrected chi connectivity index (χ3v) is 2.60. The molecule has 0 aliphatic heterocycles. The Morgan fingerprint density at radius 1 is 1.32 bits per heavy atom. The first-order valence-corrected chi connectivity index (χ1v) is 5.25. The molecule has 102 valence electrons. The van der Waals surface area contributed by atoms with Crippen molar-refractivity contribution in [3.63, 3.8) is 0 Å². The van der Waals surface area contributed by atoms with E-state index in [1.54, 1.807) is 0 Å². The van der Waals surface area contributed by atoms with Gasteiger partial charge in [0.15, 0.2) is 0 Å². The Morgan fingerprint density at radius 2 is 1.95 bits per heavy atom. The minimum absolute atomic E-state index is 0.0308. The molecule has 1 aromatic heterocycles. The van der Waals surface area contributed by atoms with E-state index in [1.165, 1.54) is 25.1 Å². The van der Waals surface area contributed by atoms with E-state index in [4.69, 9.17) is 0 Å². The number of nitrogens with zero attached hydrogens (tertiary/aromatic N) is 3. The highest BCUT2D eigenvalue weighted by Crippen LogP contribution is 2.29. The van der Waals surface area contributed by atoms with Gasteiger partial charge in [0, 0.05) is 7.05 Å². The molecular weight excluding hydrogens is 263 g/mol. The number of aryl methyl sites for hydroxylation is 2. The van der Waals surface area contributed by atoms with Crippen molar-refractivity contribution in [3.8, 4) is 11.4 Å². The van der Waals surface area contributed by atoms with E-state index in [9.17, 15) is 23.1 Å². The molecule has 0 aliphatic carbocycles. The number of hydrogen-bond donors (Lipinski definition) is 1. The highest BCUT2D eigenvalue weighted by molar-refractivity contribution is 5.45. The van der Waals surface area contributed by atoms with Gasteiger partial charge in [0.25, 0.3) is 0 Å². The van der Waals surface area contributed by atoms with Gasteiger partial charge in [0.2, 0.25) is 5.82 Å². The molecule has 5 nitrogen and oxygen atoms in total. The second-order valence-electron chi connectivity index (χ2n) is 4.03. The highest BCUT2D eigenvalue weighted by Gasteiger charge is 2.39. The van der Waals surface area contributed by atoms with Crippen molar-refractivity contribution in [3.05, 3.63) is 40.1 Å². The van der Waals surface area contributed by atoms with Gasteiger partial charge >= 0.3 is 11.9 Å². The summed E-state index contributed by atoms with van der Waals surface area (Å²) in [5, 5.41) is 12.5. The van der Waals surface area contributed by atoms with Gasteiger partial charge in [-0.2, -0.15) is 13.2 Å². The summed E-state index contributed by atoms with van der Waals surface area (Å²) in [6.07, 6.45) is -4.75. The second-order valence-corrected chi connectivity index (χ2v) is 4.03. The first-order chi connectivity index (χ1) is 8.71. The van der Waals surface area contributed by atoms with Crippen LogP contribution in [0.1, 0.15) is 11.4 Å². The van der Waals surface area contributed by atoms with Gasteiger partial charge in [-0.3, -0.25) is 0 Å². The van der Waals surface area contributed by atoms with Gasteiger partial charge < -0.3 is 5.11 Å². The first-order valence-electron chi connectivity index (χ1n) is 5.25. The molecule has 1 N–H and O–H groups in total. The lowest BCUT2D eigenvalue weighted by molar-refractivity contribution is -0.146.